The third-order valence-corrected chi connectivity index (χ3v) is 4.13. The third kappa shape index (κ3) is 3.02. The Bertz CT molecular complexity index is 594. The van der Waals surface area contributed by atoms with Crippen LogP contribution in [0.1, 0.15) is 6.42 Å². The van der Waals surface area contributed by atoms with Gasteiger partial charge in [-0.15, -0.1) is 0 Å². The van der Waals surface area contributed by atoms with Crippen molar-refractivity contribution in [2.45, 2.75) is 17.4 Å². The summed E-state index contributed by atoms with van der Waals surface area (Å²) < 4.78 is 23.2. The number of nitro groups is 1. The van der Waals surface area contributed by atoms with Crippen LogP contribution in [-0.4, -0.2) is 38.7 Å². The molecule has 1 aliphatic rings. The number of hydrogen-bond acceptors (Lipinski definition) is 6. The van der Waals surface area contributed by atoms with E-state index < -0.39 is 14.8 Å². The highest BCUT2D eigenvalue weighted by Crippen LogP contribution is 2.32. The van der Waals surface area contributed by atoms with Crippen molar-refractivity contribution in [3.63, 3.8) is 0 Å². The summed E-state index contributed by atoms with van der Waals surface area (Å²) in [6, 6.07) is 4.37. The highest BCUT2D eigenvalue weighted by molar-refractivity contribution is 7.90. The quantitative estimate of drug-likeness (QED) is 0.626. The Morgan fingerprint density at radius 1 is 1.47 bits per heavy atom. The minimum atomic E-state index is -3.63. The maximum Gasteiger partial charge on any atom is 0.310 e. The van der Waals surface area contributed by atoms with Crippen LogP contribution in [0.15, 0.2) is 23.1 Å². The first-order valence-electron chi connectivity index (χ1n) is 5.84. The van der Waals surface area contributed by atoms with Gasteiger partial charge in [0, 0.05) is 18.8 Å². The van der Waals surface area contributed by atoms with Crippen LogP contribution >= 0.6 is 0 Å². The van der Waals surface area contributed by atoms with Gasteiger partial charge in [-0.25, -0.2) is 8.42 Å². The zero-order chi connectivity index (χ0) is 14.0. The van der Waals surface area contributed by atoms with Crippen LogP contribution in [0.5, 0.6) is 0 Å². The topological polar surface area (TPSA) is 101 Å². The van der Waals surface area contributed by atoms with E-state index in [1.54, 1.807) is 0 Å². The average molecular weight is 285 g/mol. The fourth-order valence-electron chi connectivity index (χ4n) is 2.12. The maximum atomic E-state index is 11.6. The van der Waals surface area contributed by atoms with E-state index in [-0.39, 0.29) is 22.3 Å². The fraction of sp³-hybridized carbons (Fsp3) is 0.455. The highest BCUT2D eigenvalue weighted by atomic mass is 32.2. The molecular formula is C11H15N3O4S. The number of rotatable bonds is 4. The Hall–Kier alpha value is -1.67. The van der Waals surface area contributed by atoms with Crippen molar-refractivity contribution in [3.8, 4) is 0 Å². The van der Waals surface area contributed by atoms with Crippen molar-refractivity contribution in [3.05, 3.63) is 28.3 Å². The molecule has 1 heterocycles. The summed E-state index contributed by atoms with van der Waals surface area (Å²) in [6.45, 7) is 1.55. The number of benzene rings is 1. The smallest absolute Gasteiger partial charge is 0.310 e. The zero-order valence-corrected chi connectivity index (χ0v) is 11.2. The highest BCUT2D eigenvalue weighted by Gasteiger charge is 2.27. The normalized spacial score (nSPS) is 19.3. The maximum absolute atomic E-state index is 11.6. The SMILES string of the molecule is CS(=O)(=O)c1cccc(NC2CCNC2)c1[N+](=O)[O-]. The second-order valence-electron chi connectivity index (χ2n) is 4.52. The van der Waals surface area contributed by atoms with Gasteiger partial charge in [0.15, 0.2) is 9.84 Å². The van der Waals surface area contributed by atoms with Gasteiger partial charge < -0.3 is 10.6 Å². The van der Waals surface area contributed by atoms with E-state index in [0.29, 0.717) is 6.54 Å². The largest absolute Gasteiger partial charge is 0.375 e. The molecule has 1 aromatic rings. The lowest BCUT2D eigenvalue weighted by atomic mass is 10.2. The molecular weight excluding hydrogens is 270 g/mol. The molecule has 2 rings (SSSR count). The molecule has 0 amide bonds. The lowest BCUT2D eigenvalue weighted by Crippen LogP contribution is -2.23. The van der Waals surface area contributed by atoms with Crippen LogP contribution in [0, 0.1) is 10.1 Å². The van der Waals surface area contributed by atoms with Crippen molar-refractivity contribution in [1.29, 1.82) is 0 Å². The monoisotopic (exact) mass is 285 g/mol. The molecule has 0 bridgehead atoms. The van der Waals surface area contributed by atoms with Crippen LogP contribution < -0.4 is 10.6 Å². The Morgan fingerprint density at radius 2 is 2.21 bits per heavy atom. The van der Waals surface area contributed by atoms with Gasteiger partial charge in [0.25, 0.3) is 0 Å². The first-order chi connectivity index (χ1) is 8.89. The Balaban J connectivity index is 2.45. The number of nitrogens with one attached hydrogen (secondary N) is 2. The van der Waals surface area contributed by atoms with E-state index in [4.69, 9.17) is 0 Å². The summed E-state index contributed by atoms with van der Waals surface area (Å²) >= 11 is 0. The van der Waals surface area contributed by atoms with Gasteiger partial charge in [0.05, 0.1) is 4.92 Å². The molecule has 1 unspecified atom stereocenters. The van der Waals surface area contributed by atoms with Crippen LogP contribution in [0.4, 0.5) is 11.4 Å². The van der Waals surface area contributed by atoms with E-state index in [2.05, 4.69) is 10.6 Å². The summed E-state index contributed by atoms with van der Waals surface area (Å²) in [4.78, 5) is 10.2. The van der Waals surface area contributed by atoms with Crippen molar-refractivity contribution in [1.82, 2.24) is 5.32 Å². The fourth-order valence-corrected chi connectivity index (χ4v) is 2.99. The lowest BCUT2D eigenvalue weighted by molar-refractivity contribution is -0.386. The average Bonchev–Trinajstić information content (AvgIpc) is 2.80. The zero-order valence-electron chi connectivity index (χ0n) is 10.4. The molecule has 0 radical (unpaired) electrons. The van der Waals surface area contributed by atoms with E-state index in [1.807, 2.05) is 0 Å². The predicted molar refractivity (Wildman–Crippen MR) is 71.1 cm³/mol. The molecule has 0 aromatic heterocycles. The molecule has 2 N–H and O–H groups in total. The minimum absolute atomic E-state index is 0.0773. The van der Waals surface area contributed by atoms with Crippen LogP contribution in [0.3, 0.4) is 0 Å². The number of nitro benzene ring substituents is 1. The summed E-state index contributed by atoms with van der Waals surface area (Å²) in [7, 11) is -3.63. The van der Waals surface area contributed by atoms with Crippen molar-refractivity contribution < 1.29 is 13.3 Å². The molecule has 8 heteroatoms. The molecule has 1 atom stereocenters. The molecule has 1 saturated heterocycles. The number of nitrogens with zero attached hydrogens (tertiary/aromatic N) is 1. The molecule has 0 saturated carbocycles. The summed E-state index contributed by atoms with van der Waals surface area (Å²) in [5.74, 6) is 0. The number of para-hydroxylation sites is 1. The Morgan fingerprint density at radius 3 is 2.74 bits per heavy atom. The summed E-state index contributed by atoms with van der Waals surface area (Å²) in [5, 5.41) is 17.3. The van der Waals surface area contributed by atoms with Crippen LogP contribution in [-0.2, 0) is 9.84 Å². The van der Waals surface area contributed by atoms with E-state index in [0.717, 1.165) is 19.2 Å². The molecule has 104 valence electrons. The van der Waals surface area contributed by atoms with Gasteiger partial charge in [-0.2, -0.15) is 0 Å². The first-order valence-corrected chi connectivity index (χ1v) is 7.73. The first kappa shape index (κ1) is 13.8. The van der Waals surface area contributed by atoms with Crippen molar-refractivity contribution in [2.75, 3.05) is 24.7 Å². The Kier molecular flexibility index (Phi) is 3.72. The van der Waals surface area contributed by atoms with Crippen molar-refractivity contribution in [2.24, 2.45) is 0 Å². The van der Waals surface area contributed by atoms with Gasteiger partial charge >= 0.3 is 5.69 Å². The van der Waals surface area contributed by atoms with Crippen LogP contribution in [0.25, 0.3) is 0 Å². The van der Waals surface area contributed by atoms with E-state index in [1.165, 1.54) is 18.2 Å². The van der Waals surface area contributed by atoms with E-state index >= 15 is 0 Å². The summed E-state index contributed by atoms with van der Waals surface area (Å²) in [5.41, 5.74) is -0.126. The summed E-state index contributed by atoms with van der Waals surface area (Å²) in [6.07, 6.45) is 1.82. The molecule has 0 spiro atoms. The van der Waals surface area contributed by atoms with Gasteiger partial charge in [0.2, 0.25) is 0 Å². The molecule has 1 aromatic carbocycles. The van der Waals surface area contributed by atoms with Gasteiger partial charge in [-0.05, 0) is 25.1 Å². The predicted octanol–water partition coefficient (Wildman–Crippen LogP) is 0.772. The van der Waals surface area contributed by atoms with Gasteiger partial charge in [-0.3, -0.25) is 10.1 Å². The van der Waals surface area contributed by atoms with Gasteiger partial charge in [0.1, 0.15) is 10.6 Å². The molecule has 1 aliphatic heterocycles. The number of hydrogen-bond donors (Lipinski definition) is 2. The number of anilines is 1. The minimum Gasteiger partial charge on any atom is -0.375 e. The van der Waals surface area contributed by atoms with E-state index in [9.17, 15) is 18.5 Å². The molecule has 19 heavy (non-hydrogen) atoms. The molecule has 1 fully saturated rings. The second kappa shape index (κ2) is 5.14. The van der Waals surface area contributed by atoms with Crippen LogP contribution in [0.2, 0.25) is 0 Å². The second-order valence-corrected chi connectivity index (χ2v) is 6.50. The third-order valence-electron chi connectivity index (χ3n) is 3.00. The Labute approximate surface area is 111 Å². The standard InChI is InChI=1S/C11H15N3O4S/c1-19(17,18)10-4-2-3-9(11(10)14(15)16)13-8-5-6-12-7-8/h2-4,8,12-13H,5-7H2,1H3. The van der Waals surface area contributed by atoms with Crippen molar-refractivity contribution >= 4 is 21.2 Å². The van der Waals surface area contributed by atoms with Gasteiger partial charge in [-0.1, -0.05) is 6.07 Å². The molecule has 7 nitrogen and oxygen atoms in total. The molecule has 0 aliphatic carbocycles. The lowest BCUT2D eigenvalue weighted by Gasteiger charge is -2.14. The number of sulfone groups is 1.